The molecule has 1 rings (SSSR count). The van der Waals surface area contributed by atoms with Crippen LogP contribution in [0.3, 0.4) is 0 Å². The van der Waals surface area contributed by atoms with Crippen molar-refractivity contribution in [2.45, 2.75) is 20.0 Å². The van der Waals surface area contributed by atoms with E-state index in [1.165, 1.54) is 0 Å². The Kier molecular flexibility index (Phi) is 8.69. The number of likely N-dealkylation sites (N-methyl/N-ethyl adjacent to an activating group) is 2. The van der Waals surface area contributed by atoms with E-state index < -0.39 is 6.10 Å². The number of aliphatic hydroxyl groups excluding tert-OH is 1. The van der Waals surface area contributed by atoms with Crippen LogP contribution in [0.5, 0.6) is 5.75 Å². The van der Waals surface area contributed by atoms with Gasteiger partial charge in [-0.2, -0.15) is 0 Å². The third kappa shape index (κ3) is 6.55. The molecule has 0 fully saturated rings. The van der Waals surface area contributed by atoms with E-state index in [-0.39, 0.29) is 19.1 Å². The highest BCUT2D eigenvalue weighted by molar-refractivity contribution is 6.37. The summed E-state index contributed by atoms with van der Waals surface area (Å²) >= 11 is 12.0. The van der Waals surface area contributed by atoms with Crippen LogP contribution < -0.4 is 4.74 Å². The normalized spacial score (nSPS) is 12.3. The molecule has 0 saturated heterocycles. The summed E-state index contributed by atoms with van der Waals surface area (Å²) < 4.78 is 5.49. The lowest BCUT2D eigenvalue weighted by atomic mass is 10.3. The molecule has 1 N–H and O–H groups in total. The zero-order valence-corrected chi connectivity index (χ0v) is 15.3. The first-order valence-electron chi connectivity index (χ1n) is 7.60. The topological polar surface area (TPSA) is 53.0 Å². The number of nitrogens with zero attached hydrogens (tertiary/aromatic N) is 2. The maximum atomic E-state index is 12.0. The summed E-state index contributed by atoms with van der Waals surface area (Å²) in [5, 5.41) is 10.8. The van der Waals surface area contributed by atoms with Gasteiger partial charge < -0.3 is 14.7 Å². The number of aliphatic hydroxyl groups is 1. The van der Waals surface area contributed by atoms with Gasteiger partial charge in [-0.1, -0.05) is 29.3 Å². The van der Waals surface area contributed by atoms with E-state index in [1.807, 2.05) is 13.8 Å². The van der Waals surface area contributed by atoms with E-state index in [1.54, 1.807) is 35.0 Å². The van der Waals surface area contributed by atoms with Gasteiger partial charge in [0.25, 0.3) is 0 Å². The number of para-hydroxylation sites is 1. The molecule has 0 aliphatic rings. The lowest BCUT2D eigenvalue weighted by Gasteiger charge is -2.24. The highest BCUT2D eigenvalue weighted by Crippen LogP contribution is 2.32. The smallest absolute Gasteiger partial charge is 0.236 e. The SMILES string of the molecule is CCN(CC)C(=O)CN(C)CC(O)COc1c(Cl)cccc1Cl. The molecule has 23 heavy (non-hydrogen) atoms. The first-order valence-corrected chi connectivity index (χ1v) is 8.35. The molecule has 0 aliphatic carbocycles. The second kappa shape index (κ2) is 9.98. The van der Waals surface area contributed by atoms with Crippen LogP contribution in [-0.4, -0.2) is 66.8 Å². The van der Waals surface area contributed by atoms with E-state index in [4.69, 9.17) is 27.9 Å². The Balaban J connectivity index is 2.44. The Morgan fingerprint density at radius 1 is 1.26 bits per heavy atom. The van der Waals surface area contributed by atoms with Gasteiger partial charge >= 0.3 is 0 Å². The Morgan fingerprint density at radius 2 is 1.83 bits per heavy atom. The maximum Gasteiger partial charge on any atom is 0.236 e. The number of amides is 1. The minimum atomic E-state index is -0.753. The quantitative estimate of drug-likeness (QED) is 0.733. The van der Waals surface area contributed by atoms with Crippen molar-refractivity contribution in [2.75, 3.05) is 39.8 Å². The van der Waals surface area contributed by atoms with Gasteiger partial charge in [0.1, 0.15) is 12.7 Å². The molecule has 1 unspecified atom stereocenters. The van der Waals surface area contributed by atoms with Gasteiger partial charge in [0.05, 0.1) is 16.6 Å². The summed E-state index contributed by atoms with van der Waals surface area (Å²) in [6.45, 7) is 5.86. The van der Waals surface area contributed by atoms with Crippen molar-refractivity contribution in [1.29, 1.82) is 0 Å². The molecular weight excluding hydrogens is 339 g/mol. The first-order chi connectivity index (χ1) is 10.9. The summed E-state index contributed by atoms with van der Waals surface area (Å²) in [5.41, 5.74) is 0. The summed E-state index contributed by atoms with van der Waals surface area (Å²) in [7, 11) is 1.78. The number of benzene rings is 1. The molecule has 0 aromatic heterocycles. The molecule has 0 aliphatic heterocycles. The number of hydrogen-bond acceptors (Lipinski definition) is 4. The van der Waals surface area contributed by atoms with Crippen LogP contribution in [0.2, 0.25) is 10.0 Å². The Morgan fingerprint density at radius 3 is 2.35 bits per heavy atom. The van der Waals surface area contributed by atoms with E-state index >= 15 is 0 Å². The lowest BCUT2D eigenvalue weighted by Crippen LogP contribution is -2.42. The predicted molar refractivity (Wildman–Crippen MR) is 93.4 cm³/mol. The molecule has 7 heteroatoms. The van der Waals surface area contributed by atoms with Crippen LogP contribution in [0.1, 0.15) is 13.8 Å². The fourth-order valence-corrected chi connectivity index (χ4v) is 2.69. The van der Waals surface area contributed by atoms with Crippen molar-refractivity contribution in [3.05, 3.63) is 28.2 Å². The van der Waals surface area contributed by atoms with Crippen molar-refractivity contribution in [1.82, 2.24) is 9.80 Å². The fourth-order valence-electron chi connectivity index (χ4n) is 2.18. The Labute approximate surface area is 147 Å². The molecule has 130 valence electrons. The second-order valence-electron chi connectivity index (χ2n) is 5.28. The zero-order chi connectivity index (χ0) is 17.4. The molecule has 1 aromatic rings. The minimum Gasteiger partial charge on any atom is -0.488 e. The molecule has 1 amide bonds. The van der Waals surface area contributed by atoms with Crippen LogP contribution in [0.4, 0.5) is 0 Å². The van der Waals surface area contributed by atoms with Crippen molar-refractivity contribution in [3.8, 4) is 5.75 Å². The highest BCUT2D eigenvalue weighted by Gasteiger charge is 2.16. The largest absolute Gasteiger partial charge is 0.488 e. The van der Waals surface area contributed by atoms with Crippen LogP contribution in [0.15, 0.2) is 18.2 Å². The Hall–Kier alpha value is -1.01. The molecule has 0 radical (unpaired) electrons. The molecular formula is C16H24Cl2N2O3. The van der Waals surface area contributed by atoms with Gasteiger partial charge in [-0.15, -0.1) is 0 Å². The van der Waals surface area contributed by atoms with E-state index in [0.717, 1.165) is 0 Å². The number of halogens is 2. The number of carbonyl (C=O) groups excluding carboxylic acids is 1. The van der Waals surface area contributed by atoms with Gasteiger partial charge in [0, 0.05) is 19.6 Å². The lowest BCUT2D eigenvalue weighted by molar-refractivity contribution is -0.132. The van der Waals surface area contributed by atoms with E-state index in [9.17, 15) is 9.90 Å². The maximum absolute atomic E-state index is 12.0. The number of hydrogen-bond donors (Lipinski definition) is 1. The van der Waals surface area contributed by atoms with E-state index in [2.05, 4.69) is 0 Å². The second-order valence-corrected chi connectivity index (χ2v) is 6.09. The molecule has 5 nitrogen and oxygen atoms in total. The van der Waals surface area contributed by atoms with Gasteiger partial charge in [-0.25, -0.2) is 0 Å². The van der Waals surface area contributed by atoms with Crippen LogP contribution in [0, 0.1) is 0 Å². The molecule has 0 spiro atoms. The average Bonchev–Trinajstić information content (AvgIpc) is 2.47. The number of ether oxygens (including phenoxy) is 1. The third-order valence-electron chi connectivity index (χ3n) is 3.38. The number of carbonyl (C=O) groups is 1. The first kappa shape index (κ1) is 20.0. The van der Waals surface area contributed by atoms with Crippen molar-refractivity contribution < 1.29 is 14.6 Å². The standard InChI is InChI=1S/C16H24Cl2N2O3/c1-4-20(5-2)15(22)10-19(3)9-12(21)11-23-16-13(17)7-6-8-14(16)18/h6-8,12,21H,4-5,9-11H2,1-3H3. The summed E-state index contributed by atoms with van der Waals surface area (Å²) in [6.07, 6.45) is -0.753. The van der Waals surface area contributed by atoms with Crippen molar-refractivity contribution >= 4 is 29.1 Å². The van der Waals surface area contributed by atoms with E-state index in [0.29, 0.717) is 35.4 Å². The van der Waals surface area contributed by atoms with Gasteiger partial charge in [0.15, 0.2) is 5.75 Å². The summed E-state index contributed by atoms with van der Waals surface area (Å²) in [5.74, 6) is 0.400. The molecule has 1 atom stereocenters. The average molecular weight is 363 g/mol. The predicted octanol–water partition coefficient (Wildman–Crippen LogP) is 2.53. The van der Waals surface area contributed by atoms with Crippen molar-refractivity contribution in [3.63, 3.8) is 0 Å². The monoisotopic (exact) mass is 362 g/mol. The van der Waals surface area contributed by atoms with Crippen molar-refractivity contribution in [2.24, 2.45) is 0 Å². The molecule has 1 aromatic carbocycles. The number of rotatable bonds is 9. The molecule has 0 heterocycles. The van der Waals surface area contributed by atoms with Gasteiger partial charge in [0.2, 0.25) is 5.91 Å². The fraction of sp³-hybridized carbons (Fsp3) is 0.562. The minimum absolute atomic E-state index is 0.0415. The molecule has 0 saturated carbocycles. The summed E-state index contributed by atoms with van der Waals surface area (Å²) in [4.78, 5) is 15.5. The van der Waals surface area contributed by atoms with Crippen LogP contribution in [0.25, 0.3) is 0 Å². The van der Waals surface area contributed by atoms with Crippen LogP contribution in [-0.2, 0) is 4.79 Å². The van der Waals surface area contributed by atoms with Crippen LogP contribution >= 0.6 is 23.2 Å². The Bertz CT molecular complexity index is 490. The third-order valence-corrected chi connectivity index (χ3v) is 3.98. The summed E-state index contributed by atoms with van der Waals surface area (Å²) in [6, 6.07) is 5.06. The zero-order valence-electron chi connectivity index (χ0n) is 13.8. The van der Waals surface area contributed by atoms with Gasteiger partial charge in [-0.3, -0.25) is 9.69 Å². The molecule has 0 bridgehead atoms. The highest BCUT2D eigenvalue weighted by atomic mass is 35.5. The van der Waals surface area contributed by atoms with Gasteiger partial charge in [-0.05, 0) is 33.0 Å².